The zero-order valence-corrected chi connectivity index (χ0v) is 19.9. The molecule has 1 saturated heterocycles. The summed E-state index contributed by atoms with van der Waals surface area (Å²) in [5, 5.41) is 9.75. The van der Waals surface area contributed by atoms with E-state index >= 15 is 0 Å². The van der Waals surface area contributed by atoms with E-state index in [1.807, 2.05) is 24.3 Å². The lowest BCUT2D eigenvalue weighted by Gasteiger charge is -2.35. The summed E-state index contributed by atoms with van der Waals surface area (Å²) in [6.07, 6.45) is 10.3. The van der Waals surface area contributed by atoms with Crippen LogP contribution in [0.4, 0.5) is 0 Å². The van der Waals surface area contributed by atoms with E-state index in [0.29, 0.717) is 24.4 Å². The number of imide groups is 1. The zero-order chi connectivity index (χ0) is 23.2. The molecule has 0 bridgehead atoms. The summed E-state index contributed by atoms with van der Waals surface area (Å²) < 4.78 is 5.72. The van der Waals surface area contributed by atoms with Gasteiger partial charge in [-0.25, -0.2) is 0 Å². The van der Waals surface area contributed by atoms with Crippen molar-refractivity contribution in [3.8, 4) is 5.75 Å². The molecular formula is C27H38N2O4. The van der Waals surface area contributed by atoms with Crippen LogP contribution in [0.2, 0.25) is 0 Å². The Morgan fingerprint density at radius 3 is 2.30 bits per heavy atom. The quantitative estimate of drug-likeness (QED) is 0.620. The van der Waals surface area contributed by atoms with Crippen molar-refractivity contribution in [2.45, 2.75) is 77.2 Å². The Labute approximate surface area is 197 Å². The second-order valence-electron chi connectivity index (χ2n) is 9.71. The van der Waals surface area contributed by atoms with Crippen LogP contribution in [0.3, 0.4) is 0 Å². The molecular weight excluding hydrogens is 416 g/mol. The lowest BCUT2D eigenvalue weighted by molar-refractivity contribution is -0.140. The van der Waals surface area contributed by atoms with Gasteiger partial charge >= 0.3 is 0 Å². The number of aliphatic hydroxyl groups excluding tert-OH is 1. The standard InChI is InChI=1S/C27H38N2O4/c1-2-17-33-23-14-12-21(13-15-23)24-25(28-16-8-9-20(18-28)19-30)27(32)29(26(24)31)22-10-6-4-3-5-7-11-22/h12-15,20,22,30H,2-11,16-19H2,1H3. The fraction of sp³-hybridized carbons (Fsp3) is 0.630. The first-order chi connectivity index (χ1) is 16.1. The average Bonchev–Trinajstić information content (AvgIpc) is 3.08. The fourth-order valence-electron chi connectivity index (χ4n) is 5.47. The first-order valence-corrected chi connectivity index (χ1v) is 12.8. The van der Waals surface area contributed by atoms with Crippen molar-refractivity contribution in [1.29, 1.82) is 0 Å². The lowest BCUT2D eigenvalue weighted by atomic mass is 9.95. The van der Waals surface area contributed by atoms with E-state index in [0.717, 1.165) is 62.8 Å². The summed E-state index contributed by atoms with van der Waals surface area (Å²) >= 11 is 0. The van der Waals surface area contributed by atoms with Gasteiger partial charge in [0.15, 0.2) is 0 Å². The van der Waals surface area contributed by atoms with Crippen LogP contribution in [0.5, 0.6) is 5.75 Å². The number of hydrogen-bond acceptors (Lipinski definition) is 5. The van der Waals surface area contributed by atoms with E-state index in [1.54, 1.807) is 4.90 Å². The lowest BCUT2D eigenvalue weighted by Crippen LogP contribution is -2.44. The number of ether oxygens (including phenoxy) is 1. The number of hydrogen-bond donors (Lipinski definition) is 1. The predicted octanol–water partition coefficient (Wildman–Crippen LogP) is 4.37. The van der Waals surface area contributed by atoms with Crippen LogP contribution in [-0.2, 0) is 9.59 Å². The Morgan fingerprint density at radius 1 is 0.939 bits per heavy atom. The third kappa shape index (κ3) is 5.26. The van der Waals surface area contributed by atoms with Crippen LogP contribution in [0.25, 0.3) is 5.57 Å². The van der Waals surface area contributed by atoms with Crippen molar-refractivity contribution in [3.05, 3.63) is 35.5 Å². The second kappa shape index (κ2) is 11.2. The maximum absolute atomic E-state index is 13.8. The molecule has 180 valence electrons. The molecule has 2 fully saturated rings. The van der Waals surface area contributed by atoms with Gasteiger partial charge in [-0.05, 0) is 55.7 Å². The van der Waals surface area contributed by atoms with Gasteiger partial charge < -0.3 is 14.7 Å². The number of piperidine rings is 1. The molecule has 1 N–H and O–H groups in total. The first-order valence-electron chi connectivity index (χ1n) is 12.8. The maximum atomic E-state index is 13.8. The minimum Gasteiger partial charge on any atom is -0.494 e. The summed E-state index contributed by atoms with van der Waals surface area (Å²) in [7, 11) is 0. The highest BCUT2D eigenvalue weighted by molar-refractivity contribution is 6.35. The number of rotatable bonds is 7. The maximum Gasteiger partial charge on any atom is 0.278 e. The molecule has 0 spiro atoms. The summed E-state index contributed by atoms with van der Waals surface area (Å²) in [5.41, 5.74) is 1.82. The molecule has 4 rings (SSSR count). The van der Waals surface area contributed by atoms with E-state index in [1.165, 1.54) is 19.3 Å². The Morgan fingerprint density at radius 2 is 1.64 bits per heavy atom. The molecule has 1 saturated carbocycles. The number of carbonyl (C=O) groups is 2. The normalized spacial score (nSPS) is 23.2. The van der Waals surface area contributed by atoms with Gasteiger partial charge in [-0.3, -0.25) is 14.5 Å². The Bertz CT molecular complexity index is 855. The van der Waals surface area contributed by atoms with E-state index < -0.39 is 0 Å². The first kappa shape index (κ1) is 23.8. The number of likely N-dealkylation sites (tertiary alicyclic amines) is 1. The highest BCUT2D eigenvalue weighted by Gasteiger charge is 2.45. The minimum absolute atomic E-state index is 0.0246. The Hall–Kier alpha value is -2.34. The molecule has 1 aromatic carbocycles. The molecule has 1 aromatic rings. The van der Waals surface area contributed by atoms with Crippen molar-refractivity contribution in [2.75, 3.05) is 26.3 Å². The third-order valence-corrected chi connectivity index (χ3v) is 7.24. The third-order valence-electron chi connectivity index (χ3n) is 7.24. The van der Waals surface area contributed by atoms with E-state index in [2.05, 4.69) is 11.8 Å². The molecule has 0 aromatic heterocycles. The van der Waals surface area contributed by atoms with Crippen molar-refractivity contribution in [2.24, 2.45) is 5.92 Å². The van der Waals surface area contributed by atoms with Crippen LogP contribution in [0.15, 0.2) is 30.0 Å². The van der Waals surface area contributed by atoms with Gasteiger partial charge in [-0.15, -0.1) is 0 Å². The molecule has 0 radical (unpaired) electrons. The van der Waals surface area contributed by atoms with Crippen molar-refractivity contribution >= 4 is 17.4 Å². The molecule has 3 aliphatic rings. The summed E-state index contributed by atoms with van der Waals surface area (Å²) in [6.45, 7) is 4.18. The van der Waals surface area contributed by atoms with Gasteiger partial charge in [0.2, 0.25) is 0 Å². The Kier molecular flexibility index (Phi) is 8.07. The Balaban J connectivity index is 1.68. The van der Waals surface area contributed by atoms with Gasteiger partial charge in [-0.2, -0.15) is 0 Å². The monoisotopic (exact) mass is 454 g/mol. The van der Waals surface area contributed by atoms with Gasteiger partial charge in [-0.1, -0.05) is 51.2 Å². The minimum atomic E-state index is -0.158. The zero-order valence-electron chi connectivity index (χ0n) is 19.9. The van der Waals surface area contributed by atoms with E-state index in [-0.39, 0.29) is 30.4 Å². The summed E-state index contributed by atoms with van der Waals surface area (Å²) in [6, 6.07) is 7.56. The van der Waals surface area contributed by atoms with Crippen molar-refractivity contribution in [3.63, 3.8) is 0 Å². The number of nitrogens with zero attached hydrogens (tertiary/aromatic N) is 2. The van der Waals surface area contributed by atoms with Crippen LogP contribution >= 0.6 is 0 Å². The molecule has 2 aliphatic heterocycles. The van der Waals surface area contributed by atoms with Crippen molar-refractivity contribution < 1.29 is 19.4 Å². The molecule has 6 nitrogen and oxygen atoms in total. The SMILES string of the molecule is CCCOc1ccc(C2=C(N3CCCC(CO)C3)C(=O)N(C3CCCCCCC3)C2=O)cc1. The number of aliphatic hydroxyl groups is 1. The van der Waals surface area contributed by atoms with Crippen LogP contribution < -0.4 is 4.74 Å². The number of amides is 2. The molecule has 2 heterocycles. The second-order valence-corrected chi connectivity index (χ2v) is 9.71. The largest absolute Gasteiger partial charge is 0.494 e. The van der Waals surface area contributed by atoms with Crippen LogP contribution in [0.1, 0.15) is 76.7 Å². The fourth-order valence-corrected chi connectivity index (χ4v) is 5.47. The summed E-state index contributed by atoms with van der Waals surface area (Å²) in [4.78, 5) is 31.3. The van der Waals surface area contributed by atoms with Gasteiger partial charge in [0.25, 0.3) is 11.8 Å². The predicted molar refractivity (Wildman–Crippen MR) is 128 cm³/mol. The number of carbonyl (C=O) groups excluding carboxylic acids is 2. The van der Waals surface area contributed by atoms with Crippen LogP contribution in [0, 0.1) is 5.92 Å². The molecule has 2 amide bonds. The van der Waals surface area contributed by atoms with Gasteiger partial charge in [0, 0.05) is 25.7 Å². The molecule has 1 atom stereocenters. The van der Waals surface area contributed by atoms with Crippen molar-refractivity contribution in [1.82, 2.24) is 9.80 Å². The van der Waals surface area contributed by atoms with Gasteiger partial charge in [0.05, 0.1) is 12.2 Å². The van der Waals surface area contributed by atoms with Gasteiger partial charge in [0.1, 0.15) is 11.4 Å². The average molecular weight is 455 g/mol. The molecule has 1 unspecified atom stereocenters. The highest BCUT2D eigenvalue weighted by atomic mass is 16.5. The summed E-state index contributed by atoms with van der Waals surface area (Å²) in [5.74, 6) is 0.602. The highest BCUT2D eigenvalue weighted by Crippen LogP contribution is 2.37. The van der Waals surface area contributed by atoms with Crippen LogP contribution in [-0.4, -0.2) is 59.1 Å². The number of benzene rings is 1. The molecule has 1 aliphatic carbocycles. The van der Waals surface area contributed by atoms with E-state index in [4.69, 9.17) is 4.74 Å². The van der Waals surface area contributed by atoms with E-state index in [9.17, 15) is 14.7 Å². The topological polar surface area (TPSA) is 70.1 Å². The molecule has 6 heteroatoms. The smallest absolute Gasteiger partial charge is 0.278 e. The molecule has 33 heavy (non-hydrogen) atoms.